The second-order valence-corrected chi connectivity index (χ2v) is 5.27. The van der Waals surface area contributed by atoms with Gasteiger partial charge in [-0.2, -0.15) is 5.10 Å². The van der Waals surface area contributed by atoms with E-state index in [2.05, 4.69) is 29.4 Å². The molecule has 5 nitrogen and oxygen atoms in total. The topological polar surface area (TPSA) is 56.3 Å². The van der Waals surface area contributed by atoms with Crippen molar-refractivity contribution in [2.75, 3.05) is 19.8 Å². The number of rotatable bonds is 6. The molecule has 0 spiro atoms. The second-order valence-electron chi connectivity index (χ2n) is 5.27. The van der Waals surface area contributed by atoms with Gasteiger partial charge in [0.2, 0.25) is 5.88 Å². The van der Waals surface area contributed by atoms with Crippen molar-refractivity contribution >= 4 is 0 Å². The Morgan fingerprint density at radius 1 is 1.32 bits per heavy atom. The first kappa shape index (κ1) is 14.2. The van der Waals surface area contributed by atoms with Gasteiger partial charge in [-0.3, -0.25) is 0 Å². The molecule has 0 unspecified atom stereocenters. The zero-order chi connectivity index (χ0) is 13.5. The summed E-state index contributed by atoms with van der Waals surface area (Å²) in [6, 6.07) is 4.30. The molecule has 1 aromatic heterocycles. The van der Waals surface area contributed by atoms with E-state index in [-0.39, 0.29) is 0 Å². The monoisotopic (exact) mass is 265 g/mol. The molecule has 0 radical (unpaired) electrons. The van der Waals surface area contributed by atoms with Crippen LogP contribution in [-0.4, -0.2) is 36.1 Å². The minimum atomic E-state index is 0.450. The quantitative estimate of drug-likeness (QED) is 0.849. The highest BCUT2D eigenvalue weighted by molar-refractivity contribution is 5.11. The lowest BCUT2D eigenvalue weighted by Gasteiger charge is -2.21. The van der Waals surface area contributed by atoms with Crippen LogP contribution in [0.2, 0.25) is 0 Å². The minimum absolute atomic E-state index is 0.450. The van der Waals surface area contributed by atoms with Crippen LogP contribution in [0.1, 0.15) is 32.4 Å². The van der Waals surface area contributed by atoms with Crippen LogP contribution in [0.5, 0.6) is 5.88 Å². The van der Waals surface area contributed by atoms with Crippen LogP contribution in [0.4, 0.5) is 0 Å². The molecule has 1 fully saturated rings. The molecular weight excluding hydrogens is 242 g/mol. The Hall–Kier alpha value is -1.20. The van der Waals surface area contributed by atoms with Gasteiger partial charge in [-0.1, -0.05) is 13.8 Å². The van der Waals surface area contributed by atoms with E-state index in [9.17, 15) is 0 Å². The minimum Gasteiger partial charge on any atom is -0.476 e. The molecule has 0 aromatic carbocycles. The van der Waals surface area contributed by atoms with E-state index >= 15 is 0 Å². The third-order valence-corrected chi connectivity index (χ3v) is 3.19. The van der Waals surface area contributed by atoms with Crippen molar-refractivity contribution in [3.8, 4) is 5.88 Å². The summed E-state index contributed by atoms with van der Waals surface area (Å²) >= 11 is 0. The molecule has 1 aliphatic heterocycles. The zero-order valence-corrected chi connectivity index (χ0v) is 11.8. The van der Waals surface area contributed by atoms with E-state index in [0.29, 0.717) is 24.4 Å². The van der Waals surface area contributed by atoms with E-state index < -0.39 is 0 Å². The molecule has 0 saturated carbocycles. The lowest BCUT2D eigenvalue weighted by Crippen LogP contribution is -2.23. The summed E-state index contributed by atoms with van der Waals surface area (Å²) in [5, 5.41) is 11.6. The van der Waals surface area contributed by atoms with E-state index in [1.807, 2.05) is 12.1 Å². The molecule has 106 valence electrons. The highest BCUT2D eigenvalue weighted by atomic mass is 16.5. The molecule has 2 heterocycles. The van der Waals surface area contributed by atoms with Crippen LogP contribution >= 0.6 is 0 Å². The maximum absolute atomic E-state index is 5.68. The molecule has 1 N–H and O–H groups in total. The Labute approximate surface area is 114 Å². The van der Waals surface area contributed by atoms with E-state index in [1.54, 1.807) is 0 Å². The molecule has 19 heavy (non-hydrogen) atoms. The third kappa shape index (κ3) is 5.12. The lowest BCUT2D eigenvalue weighted by atomic mass is 10.0. The first-order valence-corrected chi connectivity index (χ1v) is 7.00. The number of aromatic nitrogens is 2. The maximum Gasteiger partial charge on any atom is 0.233 e. The van der Waals surface area contributed by atoms with Crippen LogP contribution in [-0.2, 0) is 11.3 Å². The summed E-state index contributed by atoms with van der Waals surface area (Å²) < 4.78 is 11.0. The standard InChI is InChI=1S/C14H23N3O2/c1-11(2)15-9-13-3-4-14(17-16-13)19-10-12-5-7-18-8-6-12/h3-4,11-12,15H,5-10H2,1-2H3. The second kappa shape index (κ2) is 7.40. The Morgan fingerprint density at radius 2 is 2.11 bits per heavy atom. The first-order valence-electron chi connectivity index (χ1n) is 7.00. The number of hydrogen-bond donors (Lipinski definition) is 1. The van der Waals surface area contributed by atoms with Crippen LogP contribution in [0, 0.1) is 5.92 Å². The van der Waals surface area contributed by atoms with E-state index in [1.165, 1.54) is 0 Å². The van der Waals surface area contributed by atoms with Crippen molar-refractivity contribution in [3.05, 3.63) is 17.8 Å². The summed E-state index contributed by atoms with van der Waals surface area (Å²) in [4.78, 5) is 0. The highest BCUT2D eigenvalue weighted by Gasteiger charge is 2.14. The summed E-state index contributed by atoms with van der Waals surface area (Å²) in [6.07, 6.45) is 2.15. The van der Waals surface area contributed by atoms with Gasteiger partial charge in [-0.15, -0.1) is 5.10 Å². The third-order valence-electron chi connectivity index (χ3n) is 3.19. The molecular formula is C14H23N3O2. The maximum atomic E-state index is 5.68. The SMILES string of the molecule is CC(C)NCc1ccc(OCC2CCOCC2)nn1. The van der Waals surface area contributed by atoms with Crippen molar-refractivity contribution in [3.63, 3.8) is 0 Å². The molecule has 1 aromatic rings. The zero-order valence-electron chi connectivity index (χ0n) is 11.8. The average molecular weight is 265 g/mol. The van der Waals surface area contributed by atoms with Gasteiger partial charge in [-0.05, 0) is 24.8 Å². The number of nitrogens with one attached hydrogen (secondary N) is 1. The molecule has 0 atom stereocenters. The molecule has 0 bridgehead atoms. The van der Waals surface area contributed by atoms with Gasteiger partial charge in [0.25, 0.3) is 0 Å². The smallest absolute Gasteiger partial charge is 0.233 e. The van der Waals surface area contributed by atoms with Crippen molar-refractivity contribution in [1.29, 1.82) is 0 Å². The summed E-state index contributed by atoms with van der Waals surface area (Å²) in [6.45, 7) is 7.36. The number of ether oxygens (including phenoxy) is 2. The van der Waals surface area contributed by atoms with Crippen LogP contribution in [0.15, 0.2) is 12.1 Å². The van der Waals surface area contributed by atoms with Gasteiger partial charge < -0.3 is 14.8 Å². The van der Waals surface area contributed by atoms with Gasteiger partial charge >= 0.3 is 0 Å². The Balaban J connectivity index is 1.74. The molecule has 1 saturated heterocycles. The van der Waals surface area contributed by atoms with Crippen LogP contribution < -0.4 is 10.1 Å². The number of hydrogen-bond acceptors (Lipinski definition) is 5. The van der Waals surface area contributed by atoms with Crippen molar-refractivity contribution in [2.45, 2.75) is 39.3 Å². The fourth-order valence-corrected chi connectivity index (χ4v) is 1.94. The van der Waals surface area contributed by atoms with Gasteiger partial charge in [0, 0.05) is 31.9 Å². The largest absolute Gasteiger partial charge is 0.476 e. The van der Waals surface area contributed by atoms with Crippen LogP contribution in [0.25, 0.3) is 0 Å². The summed E-state index contributed by atoms with van der Waals surface area (Å²) in [7, 11) is 0. The first-order chi connectivity index (χ1) is 9.24. The lowest BCUT2D eigenvalue weighted by molar-refractivity contribution is 0.0489. The Morgan fingerprint density at radius 3 is 2.74 bits per heavy atom. The van der Waals surface area contributed by atoms with Crippen molar-refractivity contribution in [2.24, 2.45) is 5.92 Å². The van der Waals surface area contributed by atoms with E-state index in [0.717, 1.165) is 38.3 Å². The molecule has 2 rings (SSSR count). The fraction of sp³-hybridized carbons (Fsp3) is 0.714. The highest BCUT2D eigenvalue weighted by Crippen LogP contribution is 2.16. The number of nitrogens with zero attached hydrogens (tertiary/aromatic N) is 2. The summed E-state index contributed by atoms with van der Waals surface area (Å²) in [5.74, 6) is 1.19. The van der Waals surface area contributed by atoms with Crippen LogP contribution in [0.3, 0.4) is 0 Å². The fourth-order valence-electron chi connectivity index (χ4n) is 1.94. The van der Waals surface area contributed by atoms with E-state index in [4.69, 9.17) is 9.47 Å². The molecule has 1 aliphatic rings. The van der Waals surface area contributed by atoms with Gasteiger partial charge in [0.1, 0.15) is 0 Å². The molecule has 0 amide bonds. The molecule has 5 heteroatoms. The van der Waals surface area contributed by atoms with Crippen molar-refractivity contribution in [1.82, 2.24) is 15.5 Å². The van der Waals surface area contributed by atoms with Gasteiger partial charge in [0.15, 0.2) is 0 Å². The molecule has 0 aliphatic carbocycles. The normalized spacial score (nSPS) is 16.8. The van der Waals surface area contributed by atoms with Gasteiger partial charge in [-0.25, -0.2) is 0 Å². The summed E-state index contributed by atoms with van der Waals surface area (Å²) in [5.41, 5.74) is 0.937. The average Bonchev–Trinajstić information content (AvgIpc) is 2.45. The van der Waals surface area contributed by atoms with Gasteiger partial charge in [0.05, 0.1) is 12.3 Å². The predicted octanol–water partition coefficient (Wildman–Crippen LogP) is 1.78. The van der Waals surface area contributed by atoms with Crippen molar-refractivity contribution < 1.29 is 9.47 Å². The predicted molar refractivity (Wildman–Crippen MR) is 73.0 cm³/mol. The Bertz CT molecular complexity index is 361. The Kier molecular flexibility index (Phi) is 5.54.